The van der Waals surface area contributed by atoms with E-state index in [0.29, 0.717) is 17.8 Å². The highest BCUT2D eigenvalue weighted by Gasteiger charge is 2.14. The fourth-order valence-electron chi connectivity index (χ4n) is 3.01. The van der Waals surface area contributed by atoms with E-state index in [-0.39, 0.29) is 0 Å². The van der Waals surface area contributed by atoms with Crippen molar-refractivity contribution in [2.75, 3.05) is 0 Å². The molecule has 0 fully saturated rings. The molecule has 4 heteroatoms. The van der Waals surface area contributed by atoms with Gasteiger partial charge >= 0.3 is 5.97 Å². The minimum atomic E-state index is -0.913. The molecule has 0 unspecified atom stereocenters. The van der Waals surface area contributed by atoms with Crippen LogP contribution in [-0.4, -0.2) is 20.5 Å². The van der Waals surface area contributed by atoms with Gasteiger partial charge in [0.1, 0.15) is 11.3 Å². The number of nitrogens with zero attached hydrogens (tertiary/aromatic N) is 2. The fraction of sp³-hybridized carbons (Fsp3) is 0.300. The SMILES string of the molecule is CCCCc1ccc(CCc2ccc3nccn3c2C(=O)O)cc1. The number of aromatic nitrogens is 2. The van der Waals surface area contributed by atoms with Gasteiger partial charge in [-0.3, -0.25) is 4.40 Å². The molecule has 0 aliphatic carbocycles. The molecule has 1 N–H and O–H groups in total. The minimum Gasteiger partial charge on any atom is -0.477 e. The molecule has 0 spiro atoms. The Hall–Kier alpha value is -2.62. The Balaban J connectivity index is 1.75. The van der Waals surface area contributed by atoms with Gasteiger partial charge in [-0.1, -0.05) is 43.7 Å². The topological polar surface area (TPSA) is 54.6 Å². The van der Waals surface area contributed by atoms with Crippen molar-refractivity contribution in [1.29, 1.82) is 0 Å². The van der Waals surface area contributed by atoms with Gasteiger partial charge in [-0.25, -0.2) is 9.78 Å². The fourth-order valence-corrected chi connectivity index (χ4v) is 3.01. The molecule has 0 radical (unpaired) electrons. The second-order valence-electron chi connectivity index (χ2n) is 6.09. The summed E-state index contributed by atoms with van der Waals surface area (Å²) in [7, 11) is 0. The Labute approximate surface area is 141 Å². The molecule has 3 aromatic rings. The number of carboxylic acids is 1. The number of aromatic carboxylic acids is 1. The summed E-state index contributed by atoms with van der Waals surface area (Å²) in [6, 6.07) is 12.4. The molecule has 0 amide bonds. The lowest BCUT2D eigenvalue weighted by Crippen LogP contribution is -2.10. The Morgan fingerprint density at radius 2 is 1.75 bits per heavy atom. The number of carbonyl (C=O) groups is 1. The van der Waals surface area contributed by atoms with Crippen molar-refractivity contribution in [2.45, 2.75) is 39.0 Å². The quantitative estimate of drug-likeness (QED) is 0.710. The van der Waals surface area contributed by atoms with Crippen LogP contribution in [0.25, 0.3) is 5.65 Å². The van der Waals surface area contributed by atoms with Crippen molar-refractivity contribution < 1.29 is 9.90 Å². The molecule has 0 aliphatic rings. The van der Waals surface area contributed by atoms with Gasteiger partial charge in [-0.05, 0) is 48.4 Å². The molecule has 0 saturated heterocycles. The highest BCUT2D eigenvalue weighted by atomic mass is 16.4. The molecule has 4 nitrogen and oxygen atoms in total. The number of imidazole rings is 1. The molecule has 24 heavy (non-hydrogen) atoms. The van der Waals surface area contributed by atoms with Crippen molar-refractivity contribution in [3.8, 4) is 0 Å². The predicted octanol–water partition coefficient (Wildman–Crippen LogP) is 4.16. The number of rotatable bonds is 7. The first-order valence-electron chi connectivity index (χ1n) is 8.45. The van der Waals surface area contributed by atoms with Crippen molar-refractivity contribution in [3.63, 3.8) is 0 Å². The monoisotopic (exact) mass is 322 g/mol. The van der Waals surface area contributed by atoms with Gasteiger partial charge in [0.05, 0.1) is 0 Å². The smallest absolute Gasteiger partial charge is 0.353 e. The highest BCUT2D eigenvalue weighted by Crippen LogP contribution is 2.16. The van der Waals surface area contributed by atoms with Crippen LogP contribution in [0.4, 0.5) is 0 Å². The van der Waals surface area contributed by atoms with Crippen LogP contribution in [0.2, 0.25) is 0 Å². The van der Waals surface area contributed by atoms with Crippen LogP contribution in [0.1, 0.15) is 46.9 Å². The number of carboxylic acid groups (broad SMARTS) is 1. The number of fused-ring (bicyclic) bond motifs is 1. The lowest BCUT2D eigenvalue weighted by atomic mass is 10.0. The maximum atomic E-state index is 11.6. The van der Waals surface area contributed by atoms with E-state index in [9.17, 15) is 9.90 Å². The molecule has 0 aliphatic heterocycles. The van der Waals surface area contributed by atoms with Gasteiger partial charge < -0.3 is 5.11 Å². The van der Waals surface area contributed by atoms with E-state index in [2.05, 4.69) is 36.2 Å². The second-order valence-corrected chi connectivity index (χ2v) is 6.09. The molecule has 2 heterocycles. The van der Waals surface area contributed by atoms with Crippen LogP contribution in [0, 0.1) is 0 Å². The zero-order valence-corrected chi connectivity index (χ0v) is 13.9. The molecule has 0 atom stereocenters. The third kappa shape index (κ3) is 3.48. The summed E-state index contributed by atoms with van der Waals surface area (Å²) in [5.74, 6) is -0.913. The standard InChI is InChI=1S/C20H22N2O2/c1-2-3-4-15-5-7-16(8-6-15)9-10-17-11-12-18-21-13-14-22(18)19(17)20(23)24/h5-8,11-14H,2-4,9-10H2,1H3,(H,23,24). The van der Waals surface area contributed by atoms with Gasteiger partial charge in [-0.2, -0.15) is 0 Å². The molecule has 0 bridgehead atoms. The average molecular weight is 322 g/mol. The third-order valence-corrected chi connectivity index (χ3v) is 4.38. The summed E-state index contributed by atoms with van der Waals surface area (Å²) < 4.78 is 1.64. The Bertz CT molecular complexity index is 834. The number of hydrogen-bond donors (Lipinski definition) is 1. The van der Waals surface area contributed by atoms with Crippen molar-refractivity contribution in [3.05, 3.63) is 71.2 Å². The summed E-state index contributed by atoms with van der Waals surface area (Å²) in [5, 5.41) is 9.55. The van der Waals surface area contributed by atoms with E-state index in [1.807, 2.05) is 12.1 Å². The number of aryl methyl sites for hydroxylation is 3. The van der Waals surface area contributed by atoms with Crippen LogP contribution in [0.5, 0.6) is 0 Å². The lowest BCUT2D eigenvalue weighted by molar-refractivity contribution is 0.0687. The summed E-state index contributed by atoms with van der Waals surface area (Å²) in [6.07, 6.45) is 8.39. The van der Waals surface area contributed by atoms with Crippen LogP contribution in [0.15, 0.2) is 48.8 Å². The molecule has 2 aromatic heterocycles. The Morgan fingerprint density at radius 1 is 1.04 bits per heavy atom. The van der Waals surface area contributed by atoms with E-state index in [1.54, 1.807) is 16.8 Å². The zero-order chi connectivity index (χ0) is 16.9. The summed E-state index contributed by atoms with van der Waals surface area (Å²) >= 11 is 0. The molecule has 0 saturated carbocycles. The number of benzene rings is 1. The highest BCUT2D eigenvalue weighted by molar-refractivity contribution is 5.88. The minimum absolute atomic E-state index is 0.310. The van der Waals surface area contributed by atoms with Gasteiger partial charge in [0.2, 0.25) is 0 Å². The molecular weight excluding hydrogens is 300 g/mol. The second kappa shape index (κ2) is 7.30. The van der Waals surface area contributed by atoms with E-state index in [0.717, 1.165) is 18.4 Å². The zero-order valence-electron chi connectivity index (χ0n) is 13.9. The predicted molar refractivity (Wildman–Crippen MR) is 94.6 cm³/mol. The van der Waals surface area contributed by atoms with Gasteiger partial charge in [0.25, 0.3) is 0 Å². The third-order valence-electron chi connectivity index (χ3n) is 4.38. The van der Waals surface area contributed by atoms with Gasteiger partial charge in [0, 0.05) is 12.4 Å². The summed E-state index contributed by atoms with van der Waals surface area (Å²) in [6.45, 7) is 2.20. The first-order valence-corrected chi connectivity index (χ1v) is 8.45. The average Bonchev–Trinajstić information content (AvgIpc) is 3.06. The maximum absolute atomic E-state index is 11.6. The van der Waals surface area contributed by atoms with Gasteiger partial charge in [-0.15, -0.1) is 0 Å². The van der Waals surface area contributed by atoms with E-state index in [1.165, 1.54) is 24.0 Å². The van der Waals surface area contributed by atoms with Crippen LogP contribution < -0.4 is 0 Å². The van der Waals surface area contributed by atoms with Crippen LogP contribution in [-0.2, 0) is 19.3 Å². The normalized spacial score (nSPS) is 11.0. The Morgan fingerprint density at radius 3 is 2.42 bits per heavy atom. The van der Waals surface area contributed by atoms with Crippen LogP contribution in [0.3, 0.4) is 0 Å². The molecule has 3 rings (SSSR count). The van der Waals surface area contributed by atoms with Crippen molar-refractivity contribution in [1.82, 2.24) is 9.38 Å². The van der Waals surface area contributed by atoms with E-state index < -0.39 is 5.97 Å². The van der Waals surface area contributed by atoms with Crippen LogP contribution >= 0.6 is 0 Å². The Kier molecular flexibility index (Phi) is 4.94. The lowest BCUT2D eigenvalue weighted by Gasteiger charge is -2.09. The van der Waals surface area contributed by atoms with Crippen molar-refractivity contribution in [2.24, 2.45) is 0 Å². The number of pyridine rings is 1. The maximum Gasteiger partial charge on any atom is 0.353 e. The molecule has 124 valence electrons. The van der Waals surface area contributed by atoms with Crippen molar-refractivity contribution >= 4 is 11.6 Å². The first-order chi connectivity index (χ1) is 11.7. The first kappa shape index (κ1) is 16.2. The summed E-state index contributed by atoms with van der Waals surface area (Å²) in [5.41, 5.74) is 4.41. The largest absolute Gasteiger partial charge is 0.477 e. The van der Waals surface area contributed by atoms with E-state index in [4.69, 9.17) is 0 Å². The number of unbranched alkanes of at least 4 members (excludes halogenated alkanes) is 1. The number of hydrogen-bond acceptors (Lipinski definition) is 2. The molecule has 1 aromatic carbocycles. The molecular formula is C20H22N2O2. The van der Waals surface area contributed by atoms with Gasteiger partial charge in [0.15, 0.2) is 0 Å². The summed E-state index contributed by atoms with van der Waals surface area (Å²) in [4.78, 5) is 15.8. The van der Waals surface area contributed by atoms with E-state index >= 15 is 0 Å².